The summed E-state index contributed by atoms with van der Waals surface area (Å²) in [6.07, 6.45) is 3.14. The van der Waals surface area contributed by atoms with E-state index >= 15 is 0 Å². The van der Waals surface area contributed by atoms with Gasteiger partial charge in [-0.25, -0.2) is 9.97 Å². The van der Waals surface area contributed by atoms with E-state index in [9.17, 15) is 4.79 Å². The van der Waals surface area contributed by atoms with E-state index < -0.39 is 0 Å². The number of nitrogens with zero attached hydrogens (tertiary/aromatic N) is 2. The molecule has 132 valence electrons. The highest BCUT2D eigenvalue weighted by molar-refractivity contribution is 5.79. The number of hydrogen-bond donors (Lipinski definition) is 1. The van der Waals surface area contributed by atoms with Gasteiger partial charge in [-0.15, -0.1) is 0 Å². The van der Waals surface area contributed by atoms with Crippen molar-refractivity contribution in [2.45, 2.75) is 26.3 Å². The summed E-state index contributed by atoms with van der Waals surface area (Å²) in [6, 6.07) is 22.1. The number of amides is 1. The number of carbonyl (C=O) groups is 1. The van der Waals surface area contributed by atoms with Gasteiger partial charge in [-0.1, -0.05) is 60.7 Å². The van der Waals surface area contributed by atoms with Gasteiger partial charge in [-0.3, -0.25) is 4.79 Å². The maximum atomic E-state index is 12.9. The first kappa shape index (κ1) is 17.8. The lowest BCUT2D eigenvalue weighted by Crippen LogP contribution is -2.33. The van der Waals surface area contributed by atoms with E-state index in [0.29, 0.717) is 25.2 Å². The molecule has 1 amide bonds. The van der Waals surface area contributed by atoms with Crippen LogP contribution in [0.25, 0.3) is 0 Å². The average molecular weight is 345 g/mol. The van der Waals surface area contributed by atoms with Crippen molar-refractivity contribution in [3.63, 3.8) is 0 Å². The van der Waals surface area contributed by atoms with Crippen molar-refractivity contribution < 1.29 is 4.79 Å². The van der Waals surface area contributed by atoms with Crippen molar-refractivity contribution in [3.05, 3.63) is 95.6 Å². The maximum absolute atomic E-state index is 12.9. The van der Waals surface area contributed by atoms with Crippen LogP contribution in [0.3, 0.4) is 0 Å². The first-order valence-electron chi connectivity index (χ1n) is 8.85. The van der Waals surface area contributed by atoms with Crippen LogP contribution in [0, 0.1) is 12.8 Å². The van der Waals surface area contributed by atoms with E-state index in [1.54, 1.807) is 6.20 Å². The molecule has 1 aromatic heterocycles. The van der Waals surface area contributed by atoms with Crippen LogP contribution >= 0.6 is 0 Å². The van der Waals surface area contributed by atoms with Crippen molar-refractivity contribution in [2.75, 3.05) is 0 Å². The third kappa shape index (κ3) is 5.24. The van der Waals surface area contributed by atoms with Gasteiger partial charge in [-0.05, 0) is 37.0 Å². The summed E-state index contributed by atoms with van der Waals surface area (Å²) in [5.74, 6) is 0.638. The SMILES string of the molecule is Cc1nccc(CNC(=O)C(Cc2ccccc2)Cc2ccccc2)n1. The minimum absolute atomic E-state index is 0.0500. The van der Waals surface area contributed by atoms with E-state index in [0.717, 1.165) is 5.69 Å². The zero-order valence-electron chi connectivity index (χ0n) is 14.9. The monoisotopic (exact) mass is 345 g/mol. The Morgan fingerprint density at radius 2 is 1.50 bits per heavy atom. The minimum Gasteiger partial charge on any atom is -0.350 e. The van der Waals surface area contributed by atoms with E-state index in [2.05, 4.69) is 39.6 Å². The topological polar surface area (TPSA) is 54.9 Å². The third-order valence-electron chi connectivity index (χ3n) is 4.30. The van der Waals surface area contributed by atoms with Crippen LogP contribution in [0.5, 0.6) is 0 Å². The Morgan fingerprint density at radius 3 is 2.04 bits per heavy atom. The molecule has 0 aliphatic carbocycles. The third-order valence-corrected chi connectivity index (χ3v) is 4.30. The van der Waals surface area contributed by atoms with Crippen molar-refractivity contribution in [1.82, 2.24) is 15.3 Å². The Morgan fingerprint density at radius 1 is 0.923 bits per heavy atom. The second kappa shape index (κ2) is 8.90. The summed E-state index contributed by atoms with van der Waals surface area (Å²) < 4.78 is 0. The molecule has 1 N–H and O–H groups in total. The molecule has 2 aromatic carbocycles. The van der Waals surface area contributed by atoms with Gasteiger partial charge in [0.25, 0.3) is 0 Å². The number of nitrogens with one attached hydrogen (secondary N) is 1. The van der Waals surface area contributed by atoms with Gasteiger partial charge in [0.2, 0.25) is 5.91 Å². The highest BCUT2D eigenvalue weighted by atomic mass is 16.1. The standard InChI is InChI=1S/C22H23N3O/c1-17-23-13-12-21(25-17)16-24-22(26)20(14-18-8-4-2-5-9-18)15-19-10-6-3-7-11-19/h2-13,20H,14-16H2,1H3,(H,24,26). The normalized spacial score (nSPS) is 10.7. The Hall–Kier alpha value is -3.01. The van der Waals surface area contributed by atoms with Crippen molar-refractivity contribution >= 4 is 5.91 Å². The molecule has 26 heavy (non-hydrogen) atoms. The maximum Gasteiger partial charge on any atom is 0.224 e. The first-order chi connectivity index (χ1) is 12.7. The molecule has 0 fully saturated rings. The molecule has 0 radical (unpaired) electrons. The Bertz CT molecular complexity index is 793. The summed E-state index contributed by atoms with van der Waals surface area (Å²) in [5.41, 5.74) is 3.16. The number of rotatable bonds is 7. The van der Waals surface area contributed by atoms with Crippen LogP contribution < -0.4 is 5.32 Å². The lowest BCUT2D eigenvalue weighted by Gasteiger charge is -2.17. The van der Waals surface area contributed by atoms with Crippen molar-refractivity contribution in [1.29, 1.82) is 0 Å². The van der Waals surface area contributed by atoms with Gasteiger partial charge in [0.15, 0.2) is 0 Å². The molecule has 3 aromatic rings. The fraction of sp³-hybridized carbons (Fsp3) is 0.227. The second-order valence-corrected chi connectivity index (χ2v) is 6.39. The lowest BCUT2D eigenvalue weighted by atomic mass is 9.91. The molecule has 0 aliphatic heterocycles. The zero-order valence-corrected chi connectivity index (χ0v) is 14.9. The predicted octanol–water partition coefficient (Wildman–Crippen LogP) is 3.50. The summed E-state index contributed by atoms with van der Waals surface area (Å²) in [4.78, 5) is 21.3. The van der Waals surface area contributed by atoms with Crippen LogP contribution in [0.1, 0.15) is 22.6 Å². The molecular formula is C22H23N3O. The highest BCUT2D eigenvalue weighted by Crippen LogP contribution is 2.15. The number of carbonyl (C=O) groups excluding carboxylic acids is 1. The largest absolute Gasteiger partial charge is 0.350 e. The zero-order chi connectivity index (χ0) is 18.2. The van der Waals surface area contributed by atoms with Gasteiger partial charge >= 0.3 is 0 Å². The summed E-state index contributed by atoms with van der Waals surface area (Å²) in [5, 5.41) is 3.04. The Kier molecular flexibility index (Phi) is 6.09. The Labute approximate surface area is 154 Å². The summed E-state index contributed by atoms with van der Waals surface area (Å²) in [6.45, 7) is 2.27. The molecule has 1 heterocycles. The number of hydrogen-bond acceptors (Lipinski definition) is 3. The smallest absolute Gasteiger partial charge is 0.224 e. The van der Waals surface area contributed by atoms with Gasteiger partial charge in [0.05, 0.1) is 12.2 Å². The molecule has 0 bridgehead atoms. The van der Waals surface area contributed by atoms with Gasteiger partial charge in [-0.2, -0.15) is 0 Å². The second-order valence-electron chi connectivity index (χ2n) is 6.39. The first-order valence-corrected chi connectivity index (χ1v) is 8.85. The molecular weight excluding hydrogens is 322 g/mol. The molecule has 3 rings (SSSR count). The number of benzene rings is 2. The highest BCUT2D eigenvalue weighted by Gasteiger charge is 2.19. The van der Waals surface area contributed by atoms with Crippen LogP contribution in [0.2, 0.25) is 0 Å². The lowest BCUT2D eigenvalue weighted by molar-refractivity contribution is -0.125. The van der Waals surface area contributed by atoms with Gasteiger partial charge < -0.3 is 5.32 Å². The molecule has 0 saturated carbocycles. The Balaban J connectivity index is 1.70. The molecule has 0 spiro atoms. The fourth-order valence-corrected chi connectivity index (χ4v) is 2.98. The van der Waals surface area contributed by atoms with Crippen LogP contribution in [-0.4, -0.2) is 15.9 Å². The van der Waals surface area contributed by atoms with Crippen molar-refractivity contribution in [2.24, 2.45) is 5.92 Å². The summed E-state index contributed by atoms with van der Waals surface area (Å²) in [7, 11) is 0. The van der Waals surface area contributed by atoms with Crippen LogP contribution in [0.4, 0.5) is 0 Å². The van der Waals surface area contributed by atoms with Crippen LogP contribution in [0.15, 0.2) is 72.9 Å². The fourth-order valence-electron chi connectivity index (χ4n) is 2.98. The average Bonchev–Trinajstić information content (AvgIpc) is 2.67. The molecule has 0 unspecified atom stereocenters. The van der Waals surface area contributed by atoms with Crippen LogP contribution in [-0.2, 0) is 24.2 Å². The van der Waals surface area contributed by atoms with Gasteiger partial charge in [0, 0.05) is 12.1 Å². The molecule has 4 heteroatoms. The molecule has 0 atom stereocenters. The van der Waals surface area contributed by atoms with E-state index in [1.807, 2.05) is 49.4 Å². The van der Waals surface area contributed by atoms with Crippen molar-refractivity contribution in [3.8, 4) is 0 Å². The molecule has 4 nitrogen and oxygen atoms in total. The van der Waals surface area contributed by atoms with E-state index in [-0.39, 0.29) is 11.8 Å². The van der Waals surface area contributed by atoms with Gasteiger partial charge in [0.1, 0.15) is 5.82 Å². The number of aryl methyl sites for hydroxylation is 1. The van der Waals surface area contributed by atoms with E-state index in [1.165, 1.54) is 11.1 Å². The number of aromatic nitrogens is 2. The summed E-state index contributed by atoms with van der Waals surface area (Å²) >= 11 is 0. The quantitative estimate of drug-likeness (QED) is 0.713. The molecule has 0 aliphatic rings. The predicted molar refractivity (Wildman–Crippen MR) is 102 cm³/mol. The van der Waals surface area contributed by atoms with E-state index in [4.69, 9.17) is 0 Å². The minimum atomic E-state index is -0.122. The molecule has 0 saturated heterocycles.